The zero-order valence-corrected chi connectivity index (χ0v) is 11.6. The number of rotatable bonds is 4. The van der Waals surface area contributed by atoms with Gasteiger partial charge in [-0.25, -0.2) is 8.42 Å². The fourth-order valence-corrected chi connectivity index (χ4v) is 3.69. The summed E-state index contributed by atoms with van der Waals surface area (Å²) >= 11 is 0. The first-order chi connectivity index (χ1) is 8.99. The number of nitrogens with zero attached hydrogens (tertiary/aromatic N) is 2. The molecule has 2 aliphatic rings. The van der Waals surface area contributed by atoms with Gasteiger partial charge in [0.1, 0.15) is 0 Å². The molecule has 0 bridgehead atoms. The quantitative estimate of drug-likeness (QED) is 0.691. The molecule has 2 aliphatic heterocycles. The van der Waals surface area contributed by atoms with Crippen LogP contribution in [0.15, 0.2) is 0 Å². The Hall–Kier alpha value is -0.700. The number of aliphatic hydroxyl groups excluding tert-OH is 1. The lowest BCUT2D eigenvalue weighted by Crippen LogP contribution is -2.42. The molecule has 0 radical (unpaired) electrons. The molecule has 2 fully saturated rings. The van der Waals surface area contributed by atoms with Crippen LogP contribution in [0.1, 0.15) is 12.8 Å². The van der Waals surface area contributed by atoms with E-state index in [9.17, 15) is 18.3 Å². The normalized spacial score (nSPS) is 25.7. The van der Waals surface area contributed by atoms with Crippen molar-refractivity contribution in [3.05, 3.63) is 0 Å². The minimum atomic E-state index is -3.38. The molecule has 0 aromatic rings. The largest absolute Gasteiger partial charge is 0.391 e. The molecule has 2 rings (SSSR count). The second-order valence-electron chi connectivity index (χ2n) is 4.86. The molecule has 0 spiro atoms. The number of hydrogen-bond donors (Lipinski definition) is 1. The highest BCUT2D eigenvalue weighted by atomic mass is 32.2. The Kier molecular flexibility index (Phi) is 4.77. The number of β-amino-alcohol motifs (C(OH)–C–C–N with tert-alkyl or cyclic N) is 1. The molecule has 0 aliphatic carbocycles. The van der Waals surface area contributed by atoms with Gasteiger partial charge in [0.05, 0.1) is 25.1 Å². The average Bonchev–Trinajstić information content (AvgIpc) is 2.84. The van der Waals surface area contributed by atoms with Crippen LogP contribution in [0.5, 0.6) is 0 Å². The molecule has 0 aromatic heterocycles. The summed E-state index contributed by atoms with van der Waals surface area (Å²) in [7, 11) is -3.38. The number of amides is 1. The van der Waals surface area contributed by atoms with Gasteiger partial charge in [-0.1, -0.05) is 0 Å². The predicted molar refractivity (Wildman–Crippen MR) is 68.0 cm³/mol. The van der Waals surface area contributed by atoms with Gasteiger partial charge in [-0.3, -0.25) is 4.79 Å². The summed E-state index contributed by atoms with van der Waals surface area (Å²) in [4.78, 5) is 13.4. The zero-order chi connectivity index (χ0) is 13.9. The van der Waals surface area contributed by atoms with E-state index in [0.717, 1.165) is 0 Å². The van der Waals surface area contributed by atoms with Crippen LogP contribution in [0, 0.1) is 0 Å². The Morgan fingerprint density at radius 1 is 1.26 bits per heavy atom. The van der Waals surface area contributed by atoms with E-state index in [-0.39, 0.29) is 18.1 Å². The average molecular weight is 292 g/mol. The first-order valence-electron chi connectivity index (χ1n) is 6.50. The van der Waals surface area contributed by atoms with Crippen LogP contribution in [0.2, 0.25) is 0 Å². The van der Waals surface area contributed by atoms with Gasteiger partial charge in [-0.2, -0.15) is 4.31 Å². The summed E-state index contributed by atoms with van der Waals surface area (Å²) in [6.07, 6.45) is 0.0776. The van der Waals surface area contributed by atoms with E-state index in [2.05, 4.69) is 0 Å². The Morgan fingerprint density at radius 2 is 1.95 bits per heavy atom. The minimum Gasteiger partial charge on any atom is -0.391 e. The Bertz CT molecular complexity index is 419. The molecular weight excluding hydrogens is 272 g/mol. The first-order valence-corrected chi connectivity index (χ1v) is 8.11. The summed E-state index contributed by atoms with van der Waals surface area (Å²) in [5, 5.41) is 9.35. The van der Waals surface area contributed by atoms with Gasteiger partial charge in [0, 0.05) is 32.6 Å². The smallest absolute Gasteiger partial charge is 0.223 e. The number of aliphatic hydroxyl groups is 1. The van der Waals surface area contributed by atoms with E-state index in [0.29, 0.717) is 45.8 Å². The Morgan fingerprint density at radius 3 is 2.53 bits per heavy atom. The zero-order valence-electron chi connectivity index (χ0n) is 10.8. The first kappa shape index (κ1) is 14.7. The number of carbonyl (C=O) groups excluding carboxylic acids is 1. The van der Waals surface area contributed by atoms with E-state index < -0.39 is 16.1 Å². The molecule has 19 heavy (non-hydrogen) atoms. The number of morpholine rings is 1. The lowest BCUT2D eigenvalue weighted by molar-refractivity contribution is -0.130. The van der Waals surface area contributed by atoms with Crippen molar-refractivity contribution < 1.29 is 23.1 Å². The van der Waals surface area contributed by atoms with Crippen LogP contribution in [0.25, 0.3) is 0 Å². The number of carbonyl (C=O) groups is 1. The van der Waals surface area contributed by atoms with Crippen molar-refractivity contribution in [2.75, 3.05) is 45.1 Å². The molecule has 0 saturated carbocycles. The Labute approximate surface area is 113 Å². The summed E-state index contributed by atoms with van der Waals surface area (Å²) in [6, 6.07) is 0. The van der Waals surface area contributed by atoms with Crippen molar-refractivity contribution in [1.82, 2.24) is 9.21 Å². The van der Waals surface area contributed by atoms with E-state index in [4.69, 9.17) is 4.74 Å². The molecule has 8 heteroatoms. The molecule has 0 aromatic carbocycles. The maximum absolute atomic E-state index is 12.0. The third-order valence-electron chi connectivity index (χ3n) is 3.45. The third kappa shape index (κ3) is 3.88. The second-order valence-corrected chi connectivity index (χ2v) is 6.95. The number of ether oxygens (including phenoxy) is 1. The lowest BCUT2D eigenvalue weighted by atomic mass is 10.3. The molecule has 7 nitrogen and oxygen atoms in total. The second kappa shape index (κ2) is 6.17. The summed E-state index contributed by atoms with van der Waals surface area (Å²) in [6.45, 7) is 2.36. The van der Waals surface area contributed by atoms with E-state index >= 15 is 0 Å². The van der Waals surface area contributed by atoms with Gasteiger partial charge in [0.2, 0.25) is 15.9 Å². The van der Waals surface area contributed by atoms with E-state index in [1.165, 1.54) is 9.21 Å². The van der Waals surface area contributed by atoms with Gasteiger partial charge >= 0.3 is 0 Å². The van der Waals surface area contributed by atoms with Crippen LogP contribution in [0.4, 0.5) is 0 Å². The maximum Gasteiger partial charge on any atom is 0.223 e. The molecule has 1 unspecified atom stereocenters. The lowest BCUT2D eigenvalue weighted by Gasteiger charge is -2.26. The number of sulfonamides is 1. The van der Waals surface area contributed by atoms with Crippen molar-refractivity contribution >= 4 is 15.9 Å². The molecular formula is C11H20N2O5S. The van der Waals surface area contributed by atoms with E-state index in [1.807, 2.05) is 0 Å². The van der Waals surface area contributed by atoms with Crippen molar-refractivity contribution in [3.63, 3.8) is 0 Å². The van der Waals surface area contributed by atoms with Crippen LogP contribution in [-0.2, 0) is 19.6 Å². The predicted octanol–water partition coefficient (Wildman–Crippen LogP) is -1.37. The van der Waals surface area contributed by atoms with Gasteiger partial charge in [0.15, 0.2) is 0 Å². The summed E-state index contributed by atoms with van der Waals surface area (Å²) in [5.74, 6) is -0.369. The van der Waals surface area contributed by atoms with Gasteiger partial charge < -0.3 is 14.7 Å². The summed E-state index contributed by atoms with van der Waals surface area (Å²) < 4.78 is 30.5. The topological polar surface area (TPSA) is 87.2 Å². The highest BCUT2D eigenvalue weighted by Crippen LogP contribution is 2.12. The van der Waals surface area contributed by atoms with Crippen LogP contribution < -0.4 is 0 Å². The van der Waals surface area contributed by atoms with Gasteiger partial charge in [-0.05, 0) is 6.42 Å². The highest BCUT2D eigenvalue weighted by molar-refractivity contribution is 7.89. The van der Waals surface area contributed by atoms with Crippen molar-refractivity contribution in [3.8, 4) is 0 Å². The fraction of sp³-hybridized carbons (Fsp3) is 0.909. The maximum atomic E-state index is 12.0. The van der Waals surface area contributed by atoms with E-state index in [1.54, 1.807) is 0 Å². The number of hydrogen-bond acceptors (Lipinski definition) is 5. The Balaban J connectivity index is 1.82. The molecule has 1 N–H and O–H groups in total. The molecule has 2 heterocycles. The molecule has 2 saturated heterocycles. The highest BCUT2D eigenvalue weighted by Gasteiger charge is 2.28. The SMILES string of the molecule is O=C(CCS(=O)(=O)N1CCOCC1)N1CCC(O)C1. The fourth-order valence-electron chi connectivity index (χ4n) is 2.30. The van der Waals surface area contributed by atoms with Crippen molar-refractivity contribution in [1.29, 1.82) is 0 Å². The standard InChI is InChI=1S/C11H20N2O5S/c14-10-1-3-12(9-10)11(15)2-8-19(16,17)13-4-6-18-7-5-13/h10,14H,1-9H2. The molecule has 1 atom stereocenters. The van der Waals surface area contributed by atoms with Crippen molar-refractivity contribution in [2.45, 2.75) is 18.9 Å². The monoisotopic (exact) mass is 292 g/mol. The van der Waals surface area contributed by atoms with Crippen LogP contribution in [0.3, 0.4) is 0 Å². The minimum absolute atomic E-state index is 0.0214. The molecule has 110 valence electrons. The van der Waals surface area contributed by atoms with Crippen molar-refractivity contribution in [2.24, 2.45) is 0 Å². The molecule has 1 amide bonds. The number of likely N-dealkylation sites (tertiary alicyclic amines) is 1. The van der Waals surface area contributed by atoms with Crippen LogP contribution in [-0.4, -0.2) is 79.9 Å². The summed E-state index contributed by atoms with van der Waals surface area (Å²) in [5.41, 5.74) is 0. The third-order valence-corrected chi connectivity index (χ3v) is 5.33. The van der Waals surface area contributed by atoms with Gasteiger partial charge in [-0.15, -0.1) is 0 Å². The van der Waals surface area contributed by atoms with Crippen LogP contribution >= 0.6 is 0 Å². The van der Waals surface area contributed by atoms with Gasteiger partial charge in [0.25, 0.3) is 0 Å².